The number of rotatable bonds is 3. The Balaban J connectivity index is 1.80. The van der Waals surface area contributed by atoms with E-state index in [9.17, 15) is 4.79 Å². The van der Waals surface area contributed by atoms with Gasteiger partial charge in [-0.1, -0.05) is 17.3 Å². The van der Waals surface area contributed by atoms with E-state index in [1.54, 1.807) is 14.0 Å². The van der Waals surface area contributed by atoms with Crippen LogP contribution in [-0.2, 0) is 9.53 Å². The van der Waals surface area contributed by atoms with Crippen LogP contribution in [0.4, 0.5) is 0 Å². The molecule has 2 aliphatic rings. The van der Waals surface area contributed by atoms with Crippen molar-refractivity contribution in [2.75, 3.05) is 13.7 Å². The standard InChI is InChI=1S/C15H21N3O3/c1-10-16-14(21-17-10)13-8-12(20-2)9-18(13)15(19)11-6-4-3-5-7-11/h3-4,11-13H,5-9H2,1-2H3/t11?,12-,13+/m0/s1. The van der Waals surface area contributed by atoms with Crippen molar-refractivity contribution in [1.82, 2.24) is 15.0 Å². The molecule has 6 nitrogen and oxygen atoms in total. The predicted octanol–water partition coefficient (Wildman–Crippen LogP) is 2.02. The van der Waals surface area contributed by atoms with Gasteiger partial charge >= 0.3 is 0 Å². The van der Waals surface area contributed by atoms with Gasteiger partial charge < -0.3 is 14.2 Å². The van der Waals surface area contributed by atoms with Crippen LogP contribution in [0.15, 0.2) is 16.7 Å². The molecule has 2 heterocycles. The summed E-state index contributed by atoms with van der Waals surface area (Å²) < 4.78 is 10.7. The highest BCUT2D eigenvalue weighted by atomic mass is 16.5. The highest BCUT2D eigenvalue weighted by Crippen LogP contribution is 2.35. The van der Waals surface area contributed by atoms with E-state index >= 15 is 0 Å². The van der Waals surface area contributed by atoms with Crippen molar-refractivity contribution in [3.8, 4) is 0 Å². The number of allylic oxidation sites excluding steroid dienone is 2. The maximum absolute atomic E-state index is 12.8. The van der Waals surface area contributed by atoms with E-state index in [2.05, 4.69) is 22.3 Å². The van der Waals surface area contributed by atoms with Gasteiger partial charge in [-0.25, -0.2) is 0 Å². The molecule has 1 aliphatic heterocycles. The van der Waals surface area contributed by atoms with E-state index in [1.807, 2.05) is 4.90 Å². The quantitative estimate of drug-likeness (QED) is 0.797. The molecule has 1 aromatic heterocycles. The molecule has 1 saturated heterocycles. The molecule has 1 aromatic rings. The Morgan fingerprint density at radius 2 is 2.33 bits per heavy atom. The first-order valence-electron chi connectivity index (χ1n) is 7.47. The average Bonchev–Trinajstić information content (AvgIpc) is 3.13. The van der Waals surface area contributed by atoms with E-state index in [0.717, 1.165) is 19.3 Å². The third-order valence-corrected chi connectivity index (χ3v) is 4.33. The van der Waals surface area contributed by atoms with Crippen LogP contribution in [0.2, 0.25) is 0 Å². The second-order valence-electron chi connectivity index (χ2n) is 5.76. The van der Waals surface area contributed by atoms with Crippen molar-refractivity contribution in [2.24, 2.45) is 5.92 Å². The van der Waals surface area contributed by atoms with Crippen molar-refractivity contribution in [3.63, 3.8) is 0 Å². The van der Waals surface area contributed by atoms with Gasteiger partial charge in [-0.2, -0.15) is 4.98 Å². The number of ether oxygens (including phenoxy) is 1. The summed E-state index contributed by atoms with van der Waals surface area (Å²) in [6.07, 6.45) is 7.70. The van der Waals surface area contributed by atoms with Crippen LogP contribution < -0.4 is 0 Å². The molecule has 1 amide bonds. The first-order valence-corrected chi connectivity index (χ1v) is 7.47. The van der Waals surface area contributed by atoms with Crippen LogP contribution in [0.3, 0.4) is 0 Å². The highest BCUT2D eigenvalue weighted by Gasteiger charge is 2.41. The third kappa shape index (κ3) is 2.85. The molecule has 0 N–H and O–H groups in total. The highest BCUT2D eigenvalue weighted by molar-refractivity contribution is 5.80. The summed E-state index contributed by atoms with van der Waals surface area (Å²) >= 11 is 0. The van der Waals surface area contributed by atoms with E-state index in [4.69, 9.17) is 9.26 Å². The Morgan fingerprint density at radius 3 is 2.95 bits per heavy atom. The molecule has 0 aromatic carbocycles. The Morgan fingerprint density at radius 1 is 1.48 bits per heavy atom. The van der Waals surface area contributed by atoms with Gasteiger partial charge in [-0.05, 0) is 26.2 Å². The zero-order valence-electron chi connectivity index (χ0n) is 12.5. The summed E-state index contributed by atoms with van der Waals surface area (Å²) in [6, 6.07) is -0.158. The van der Waals surface area contributed by atoms with Gasteiger partial charge in [0, 0.05) is 26.0 Å². The van der Waals surface area contributed by atoms with E-state index < -0.39 is 0 Å². The molecule has 0 saturated carbocycles. The van der Waals surface area contributed by atoms with Gasteiger partial charge in [0.25, 0.3) is 0 Å². The second kappa shape index (κ2) is 5.97. The minimum atomic E-state index is -0.158. The lowest BCUT2D eigenvalue weighted by Gasteiger charge is -2.27. The van der Waals surface area contributed by atoms with Crippen molar-refractivity contribution in [2.45, 2.75) is 44.8 Å². The van der Waals surface area contributed by atoms with Gasteiger partial charge in [0.2, 0.25) is 11.8 Å². The maximum Gasteiger partial charge on any atom is 0.249 e. The number of hydrogen-bond acceptors (Lipinski definition) is 5. The number of nitrogens with zero attached hydrogens (tertiary/aromatic N) is 3. The van der Waals surface area contributed by atoms with Crippen molar-refractivity contribution in [1.29, 1.82) is 0 Å². The molecular formula is C15H21N3O3. The van der Waals surface area contributed by atoms with Crippen molar-refractivity contribution in [3.05, 3.63) is 23.9 Å². The summed E-state index contributed by atoms with van der Waals surface area (Å²) in [7, 11) is 1.68. The zero-order valence-corrected chi connectivity index (χ0v) is 12.5. The molecule has 1 fully saturated rings. The lowest BCUT2D eigenvalue weighted by Crippen LogP contribution is -2.37. The molecule has 114 valence electrons. The molecule has 0 radical (unpaired) electrons. The fraction of sp³-hybridized carbons (Fsp3) is 0.667. The number of aromatic nitrogens is 2. The number of likely N-dealkylation sites (tertiary alicyclic amines) is 1. The van der Waals surface area contributed by atoms with Crippen LogP contribution in [0.25, 0.3) is 0 Å². The van der Waals surface area contributed by atoms with Crippen LogP contribution in [0, 0.1) is 12.8 Å². The van der Waals surface area contributed by atoms with Crippen LogP contribution in [0.5, 0.6) is 0 Å². The largest absolute Gasteiger partial charge is 0.380 e. The first-order chi connectivity index (χ1) is 10.2. The third-order valence-electron chi connectivity index (χ3n) is 4.33. The van der Waals surface area contributed by atoms with E-state index in [1.165, 1.54) is 0 Å². The van der Waals surface area contributed by atoms with Gasteiger partial charge in [0.15, 0.2) is 5.82 Å². The normalized spacial score (nSPS) is 29.0. The molecule has 3 rings (SSSR count). The topological polar surface area (TPSA) is 68.5 Å². The summed E-state index contributed by atoms with van der Waals surface area (Å²) in [5, 5.41) is 3.84. The SMILES string of the molecule is CO[C@H]1C[C@H](c2nc(C)no2)N(C(=O)C2CC=CCC2)C1. The van der Waals surface area contributed by atoms with Crippen molar-refractivity contribution < 1.29 is 14.1 Å². The predicted molar refractivity (Wildman–Crippen MR) is 75.4 cm³/mol. The summed E-state index contributed by atoms with van der Waals surface area (Å²) in [6.45, 7) is 2.38. The molecule has 1 unspecified atom stereocenters. The minimum Gasteiger partial charge on any atom is -0.380 e. The van der Waals surface area contributed by atoms with Crippen molar-refractivity contribution >= 4 is 5.91 Å². The summed E-state index contributed by atoms with van der Waals surface area (Å²) in [5.41, 5.74) is 0. The molecule has 6 heteroatoms. The first kappa shape index (κ1) is 14.3. The van der Waals surface area contributed by atoms with Gasteiger partial charge in [-0.3, -0.25) is 4.79 Å². The number of carbonyl (C=O) groups is 1. The number of hydrogen-bond donors (Lipinski definition) is 0. The second-order valence-corrected chi connectivity index (χ2v) is 5.76. The summed E-state index contributed by atoms with van der Waals surface area (Å²) in [4.78, 5) is 19.0. The Bertz CT molecular complexity index is 540. The molecular weight excluding hydrogens is 270 g/mol. The molecule has 1 aliphatic carbocycles. The van der Waals surface area contributed by atoms with Gasteiger partial charge in [0.05, 0.1) is 6.10 Å². The average molecular weight is 291 g/mol. The fourth-order valence-electron chi connectivity index (χ4n) is 3.15. The van der Waals surface area contributed by atoms with E-state index in [0.29, 0.717) is 24.7 Å². The number of methoxy groups -OCH3 is 1. The minimum absolute atomic E-state index is 0.0327. The Hall–Kier alpha value is -1.69. The summed E-state index contributed by atoms with van der Waals surface area (Å²) in [5.74, 6) is 1.36. The fourth-order valence-corrected chi connectivity index (χ4v) is 3.15. The lowest BCUT2D eigenvalue weighted by atomic mass is 9.93. The zero-order chi connectivity index (χ0) is 14.8. The number of aryl methyl sites for hydroxylation is 1. The monoisotopic (exact) mass is 291 g/mol. The Kier molecular flexibility index (Phi) is 4.05. The van der Waals surface area contributed by atoms with Crippen LogP contribution in [-0.4, -0.2) is 40.7 Å². The molecule has 3 atom stereocenters. The Labute approximate surface area is 124 Å². The van der Waals surface area contributed by atoms with E-state index in [-0.39, 0.29) is 24.0 Å². The van der Waals surface area contributed by atoms with Gasteiger partial charge in [-0.15, -0.1) is 0 Å². The number of amides is 1. The molecule has 0 bridgehead atoms. The molecule has 0 spiro atoms. The number of carbonyl (C=O) groups excluding carboxylic acids is 1. The smallest absolute Gasteiger partial charge is 0.249 e. The van der Waals surface area contributed by atoms with Gasteiger partial charge in [0.1, 0.15) is 6.04 Å². The van der Waals surface area contributed by atoms with Crippen LogP contribution >= 0.6 is 0 Å². The maximum atomic E-state index is 12.8. The lowest BCUT2D eigenvalue weighted by molar-refractivity contribution is -0.137. The molecule has 21 heavy (non-hydrogen) atoms. The van der Waals surface area contributed by atoms with Crippen LogP contribution in [0.1, 0.15) is 43.4 Å².